The Balaban J connectivity index is 1.66. The summed E-state index contributed by atoms with van der Waals surface area (Å²) >= 11 is 0. The fraction of sp³-hybridized carbons (Fsp3) is 0.500. The summed E-state index contributed by atoms with van der Waals surface area (Å²) in [5.74, 6) is -0.178. The van der Waals surface area contributed by atoms with Crippen molar-refractivity contribution < 1.29 is 14.4 Å². The molecule has 2 heterocycles. The van der Waals surface area contributed by atoms with E-state index >= 15 is 0 Å². The van der Waals surface area contributed by atoms with Crippen molar-refractivity contribution in [3.8, 4) is 0 Å². The number of aromatic nitrogens is 1. The Morgan fingerprint density at radius 1 is 1.29 bits per heavy atom. The van der Waals surface area contributed by atoms with E-state index in [1.807, 2.05) is 13.0 Å². The monoisotopic (exact) mass is 333 g/mol. The van der Waals surface area contributed by atoms with E-state index in [1.54, 1.807) is 17.2 Å². The number of carbonyl (C=O) groups excluding carboxylic acids is 3. The van der Waals surface area contributed by atoms with Gasteiger partial charge in [0.05, 0.1) is 0 Å². The number of urea groups is 1. The van der Waals surface area contributed by atoms with Crippen molar-refractivity contribution in [1.29, 1.82) is 0 Å². The number of piperidine rings is 1. The molecule has 0 aromatic carbocycles. The van der Waals surface area contributed by atoms with Crippen LogP contribution >= 0.6 is 0 Å². The molecule has 0 unspecified atom stereocenters. The minimum atomic E-state index is -0.309. The number of anilines is 1. The van der Waals surface area contributed by atoms with Gasteiger partial charge in [0.25, 0.3) is 0 Å². The molecule has 24 heavy (non-hydrogen) atoms. The lowest BCUT2D eigenvalue weighted by Crippen LogP contribution is -2.46. The van der Waals surface area contributed by atoms with Crippen molar-refractivity contribution in [2.45, 2.75) is 26.2 Å². The largest absolute Gasteiger partial charge is 0.369 e. The number of nitrogens with zero attached hydrogens (tertiary/aromatic N) is 2. The zero-order chi connectivity index (χ0) is 17.5. The number of aryl methyl sites for hydroxylation is 1. The number of hydrogen-bond acceptors (Lipinski definition) is 4. The zero-order valence-corrected chi connectivity index (χ0v) is 13.7. The fourth-order valence-electron chi connectivity index (χ4n) is 2.51. The van der Waals surface area contributed by atoms with Gasteiger partial charge in [0.2, 0.25) is 11.8 Å². The summed E-state index contributed by atoms with van der Waals surface area (Å²) in [5, 5.41) is 5.39. The number of amides is 4. The SMILES string of the molecule is Cc1ccc(NC(=O)CCNC(=O)N2CCC(C(N)=O)CC2)nc1. The van der Waals surface area contributed by atoms with E-state index < -0.39 is 0 Å². The summed E-state index contributed by atoms with van der Waals surface area (Å²) in [5.41, 5.74) is 6.28. The van der Waals surface area contributed by atoms with Gasteiger partial charge in [-0.2, -0.15) is 0 Å². The summed E-state index contributed by atoms with van der Waals surface area (Å²) in [4.78, 5) is 40.6. The molecular formula is C16H23N5O3. The van der Waals surface area contributed by atoms with Crippen LogP contribution in [0.3, 0.4) is 0 Å². The molecule has 8 nitrogen and oxygen atoms in total. The number of pyridine rings is 1. The van der Waals surface area contributed by atoms with Crippen LogP contribution in [0.25, 0.3) is 0 Å². The summed E-state index contributed by atoms with van der Waals surface area (Å²) in [7, 11) is 0. The number of hydrogen-bond donors (Lipinski definition) is 3. The number of rotatable bonds is 5. The third kappa shape index (κ3) is 5.22. The van der Waals surface area contributed by atoms with E-state index in [0.717, 1.165) is 5.56 Å². The Morgan fingerprint density at radius 2 is 2.00 bits per heavy atom. The number of nitrogens with two attached hydrogens (primary N) is 1. The summed E-state index contributed by atoms with van der Waals surface area (Å²) in [6.07, 6.45) is 3.01. The van der Waals surface area contributed by atoms with Gasteiger partial charge < -0.3 is 21.3 Å². The van der Waals surface area contributed by atoms with E-state index in [4.69, 9.17) is 5.73 Å². The lowest BCUT2D eigenvalue weighted by molar-refractivity contribution is -0.123. The van der Waals surface area contributed by atoms with Crippen LogP contribution < -0.4 is 16.4 Å². The number of carbonyl (C=O) groups is 3. The van der Waals surface area contributed by atoms with Gasteiger partial charge >= 0.3 is 6.03 Å². The van der Waals surface area contributed by atoms with Crippen LogP contribution in [-0.2, 0) is 9.59 Å². The highest BCUT2D eigenvalue weighted by atomic mass is 16.2. The van der Waals surface area contributed by atoms with Gasteiger partial charge in [-0.3, -0.25) is 9.59 Å². The Kier molecular flexibility index (Phi) is 6.11. The van der Waals surface area contributed by atoms with Crippen molar-refractivity contribution in [2.24, 2.45) is 11.7 Å². The summed E-state index contributed by atoms with van der Waals surface area (Å²) in [6.45, 7) is 3.16. The Labute approximate surface area is 140 Å². The molecule has 1 aromatic heterocycles. The normalized spacial score (nSPS) is 15.0. The van der Waals surface area contributed by atoms with Crippen LogP contribution in [0, 0.1) is 12.8 Å². The van der Waals surface area contributed by atoms with E-state index in [1.165, 1.54) is 0 Å². The molecule has 0 saturated carbocycles. The second-order valence-corrected chi connectivity index (χ2v) is 5.91. The first-order valence-electron chi connectivity index (χ1n) is 8.00. The van der Waals surface area contributed by atoms with E-state index in [0.29, 0.717) is 31.7 Å². The molecule has 1 fully saturated rings. The third-order valence-corrected chi connectivity index (χ3v) is 3.99. The smallest absolute Gasteiger partial charge is 0.317 e. The minimum absolute atomic E-state index is 0.151. The summed E-state index contributed by atoms with van der Waals surface area (Å²) in [6, 6.07) is 3.37. The number of primary amides is 1. The maximum Gasteiger partial charge on any atom is 0.317 e. The van der Waals surface area contributed by atoms with Crippen molar-refractivity contribution in [1.82, 2.24) is 15.2 Å². The molecular weight excluding hydrogens is 310 g/mol. The van der Waals surface area contributed by atoms with E-state index in [2.05, 4.69) is 15.6 Å². The van der Waals surface area contributed by atoms with Crippen molar-refractivity contribution in [2.75, 3.05) is 25.0 Å². The highest BCUT2D eigenvalue weighted by Gasteiger charge is 2.25. The standard InChI is InChI=1S/C16H23N5O3/c1-11-2-3-13(19-10-11)20-14(22)4-7-18-16(24)21-8-5-12(6-9-21)15(17)23/h2-3,10,12H,4-9H2,1H3,(H2,17,23)(H,18,24)(H,19,20,22). The van der Waals surface area contributed by atoms with Crippen LogP contribution in [0.15, 0.2) is 18.3 Å². The molecule has 130 valence electrons. The van der Waals surface area contributed by atoms with Crippen LogP contribution in [0.1, 0.15) is 24.8 Å². The molecule has 8 heteroatoms. The molecule has 0 atom stereocenters. The molecule has 1 aromatic rings. The molecule has 4 N–H and O–H groups in total. The minimum Gasteiger partial charge on any atom is -0.369 e. The first-order chi connectivity index (χ1) is 11.5. The molecule has 0 spiro atoms. The van der Waals surface area contributed by atoms with Gasteiger partial charge in [0.15, 0.2) is 0 Å². The van der Waals surface area contributed by atoms with Gasteiger partial charge in [-0.15, -0.1) is 0 Å². The van der Waals surface area contributed by atoms with Gasteiger partial charge in [0, 0.05) is 38.2 Å². The van der Waals surface area contributed by atoms with Crippen LogP contribution in [0.4, 0.5) is 10.6 Å². The second-order valence-electron chi connectivity index (χ2n) is 5.91. The van der Waals surface area contributed by atoms with Gasteiger partial charge in [-0.1, -0.05) is 6.07 Å². The number of nitrogens with one attached hydrogen (secondary N) is 2. The Bertz CT molecular complexity index is 594. The predicted molar refractivity (Wildman–Crippen MR) is 89.1 cm³/mol. The molecule has 1 saturated heterocycles. The Morgan fingerprint density at radius 3 is 2.58 bits per heavy atom. The average molecular weight is 333 g/mol. The van der Waals surface area contributed by atoms with Crippen molar-refractivity contribution in [3.05, 3.63) is 23.9 Å². The van der Waals surface area contributed by atoms with Gasteiger partial charge in [0.1, 0.15) is 5.82 Å². The Hall–Kier alpha value is -2.64. The van der Waals surface area contributed by atoms with Crippen LogP contribution in [0.2, 0.25) is 0 Å². The van der Waals surface area contributed by atoms with Crippen LogP contribution in [-0.4, -0.2) is 47.4 Å². The predicted octanol–water partition coefficient (Wildman–Crippen LogP) is 0.626. The van der Waals surface area contributed by atoms with Crippen molar-refractivity contribution in [3.63, 3.8) is 0 Å². The molecule has 1 aliphatic rings. The fourth-order valence-corrected chi connectivity index (χ4v) is 2.51. The quantitative estimate of drug-likeness (QED) is 0.732. The van der Waals surface area contributed by atoms with E-state index in [-0.39, 0.29) is 36.7 Å². The highest BCUT2D eigenvalue weighted by molar-refractivity contribution is 5.90. The lowest BCUT2D eigenvalue weighted by Gasteiger charge is -2.30. The molecule has 0 radical (unpaired) electrons. The van der Waals surface area contributed by atoms with E-state index in [9.17, 15) is 14.4 Å². The maximum absolute atomic E-state index is 12.0. The van der Waals surface area contributed by atoms with Gasteiger partial charge in [-0.25, -0.2) is 9.78 Å². The van der Waals surface area contributed by atoms with Gasteiger partial charge in [-0.05, 0) is 31.4 Å². The highest BCUT2D eigenvalue weighted by Crippen LogP contribution is 2.16. The maximum atomic E-state index is 12.0. The lowest BCUT2D eigenvalue weighted by atomic mass is 9.96. The molecule has 2 rings (SSSR count). The first kappa shape index (κ1) is 17.7. The molecule has 1 aliphatic heterocycles. The van der Waals surface area contributed by atoms with Crippen molar-refractivity contribution >= 4 is 23.7 Å². The first-order valence-corrected chi connectivity index (χ1v) is 8.00. The third-order valence-electron chi connectivity index (χ3n) is 3.99. The zero-order valence-electron chi connectivity index (χ0n) is 13.7. The molecule has 0 aliphatic carbocycles. The summed E-state index contributed by atoms with van der Waals surface area (Å²) < 4.78 is 0. The average Bonchev–Trinajstić information content (AvgIpc) is 2.57. The second kappa shape index (κ2) is 8.28. The number of likely N-dealkylation sites (tertiary alicyclic amines) is 1. The van der Waals surface area contributed by atoms with Crippen LogP contribution in [0.5, 0.6) is 0 Å². The topological polar surface area (TPSA) is 117 Å². The molecule has 0 bridgehead atoms. The molecule has 4 amide bonds.